The number of aliphatic hydroxyl groups excluding tert-OH is 2. The van der Waals surface area contributed by atoms with Crippen molar-refractivity contribution >= 4 is 15.7 Å². The van der Waals surface area contributed by atoms with Gasteiger partial charge in [0.1, 0.15) is 5.76 Å². The Morgan fingerprint density at radius 3 is 2.50 bits per heavy atom. The van der Waals surface area contributed by atoms with Gasteiger partial charge in [-0.25, -0.2) is 13.1 Å². The fraction of sp³-hybridized carbons (Fsp3) is 0.286. The molecule has 22 heavy (non-hydrogen) atoms. The molecule has 0 saturated carbocycles. The van der Waals surface area contributed by atoms with E-state index in [1.54, 1.807) is 24.3 Å². The summed E-state index contributed by atoms with van der Waals surface area (Å²) in [5, 5.41) is 20.8. The van der Waals surface area contributed by atoms with Crippen LogP contribution in [0.3, 0.4) is 0 Å². The summed E-state index contributed by atoms with van der Waals surface area (Å²) in [4.78, 5) is 0.132. The van der Waals surface area contributed by atoms with Crippen molar-refractivity contribution < 1.29 is 23.0 Å². The van der Waals surface area contributed by atoms with Crippen LogP contribution in [0.1, 0.15) is 5.76 Å². The molecule has 2 rings (SSSR count). The van der Waals surface area contributed by atoms with Gasteiger partial charge in [-0.3, -0.25) is 0 Å². The predicted molar refractivity (Wildman–Crippen MR) is 80.8 cm³/mol. The molecule has 1 aromatic heterocycles. The van der Waals surface area contributed by atoms with E-state index < -0.39 is 16.1 Å². The molecule has 2 aromatic rings. The highest BCUT2D eigenvalue weighted by Gasteiger charge is 2.14. The Bertz CT molecular complexity index is 668. The average molecular weight is 326 g/mol. The number of hydrogen-bond donors (Lipinski definition) is 4. The van der Waals surface area contributed by atoms with Crippen LogP contribution < -0.4 is 10.0 Å². The number of benzene rings is 1. The molecule has 0 fully saturated rings. The SMILES string of the molecule is O=S(=O)(NCc1ccco1)c1ccc(NCC(O)CO)cc1. The van der Waals surface area contributed by atoms with Gasteiger partial charge in [-0.1, -0.05) is 0 Å². The van der Waals surface area contributed by atoms with Gasteiger partial charge >= 0.3 is 0 Å². The molecule has 4 N–H and O–H groups in total. The quantitative estimate of drug-likeness (QED) is 0.563. The van der Waals surface area contributed by atoms with Crippen LogP contribution in [0.25, 0.3) is 0 Å². The molecule has 7 nitrogen and oxygen atoms in total. The molecule has 0 aliphatic rings. The van der Waals surface area contributed by atoms with E-state index in [1.165, 1.54) is 18.4 Å². The Balaban J connectivity index is 1.96. The minimum Gasteiger partial charge on any atom is -0.468 e. The summed E-state index contributed by atoms with van der Waals surface area (Å²) < 4.78 is 31.7. The van der Waals surface area contributed by atoms with E-state index in [-0.39, 0.29) is 24.6 Å². The van der Waals surface area contributed by atoms with E-state index in [2.05, 4.69) is 10.0 Å². The first kappa shape index (κ1) is 16.5. The first-order valence-corrected chi connectivity index (χ1v) is 8.14. The topological polar surface area (TPSA) is 112 Å². The molecule has 0 aliphatic heterocycles. The minimum atomic E-state index is -3.62. The maximum atomic E-state index is 12.1. The molecule has 1 atom stereocenters. The zero-order valence-electron chi connectivity index (χ0n) is 11.8. The van der Waals surface area contributed by atoms with E-state index in [4.69, 9.17) is 9.52 Å². The molecule has 0 radical (unpaired) electrons. The summed E-state index contributed by atoms with van der Waals surface area (Å²) in [6.07, 6.45) is 0.614. The van der Waals surface area contributed by atoms with E-state index in [1.807, 2.05) is 0 Å². The maximum Gasteiger partial charge on any atom is 0.240 e. The van der Waals surface area contributed by atoms with Crippen LogP contribution in [-0.4, -0.2) is 37.9 Å². The van der Waals surface area contributed by atoms with E-state index >= 15 is 0 Å². The lowest BCUT2D eigenvalue weighted by Gasteiger charge is -2.11. The summed E-state index contributed by atoms with van der Waals surface area (Å²) in [5.41, 5.74) is 0.650. The van der Waals surface area contributed by atoms with E-state index in [9.17, 15) is 13.5 Å². The molecule has 0 bridgehead atoms. The van der Waals surface area contributed by atoms with Gasteiger partial charge < -0.3 is 19.9 Å². The van der Waals surface area contributed by atoms with Gasteiger partial charge in [0.15, 0.2) is 0 Å². The lowest BCUT2D eigenvalue weighted by Crippen LogP contribution is -2.24. The summed E-state index contributed by atoms with van der Waals surface area (Å²) in [7, 11) is -3.62. The van der Waals surface area contributed by atoms with Crippen LogP contribution in [0.4, 0.5) is 5.69 Å². The number of sulfonamides is 1. The van der Waals surface area contributed by atoms with Crippen LogP contribution in [0.2, 0.25) is 0 Å². The lowest BCUT2D eigenvalue weighted by molar-refractivity contribution is 0.105. The number of nitrogens with one attached hydrogen (secondary N) is 2. The molecular weight excluding hydrogens is 308 g/mol. The third-order valence-corrected chi connectivity index (χ3v) is 4.35. The van der Waals surface area contributed by atoms with Crippen molar-refractivity contribution in [3.8, 4) is 0 Å². The number of hydrogen-bond acceptors (Lipinski definition) is 6. The van der Waals surface area contributed by atoms with Crippen LogP contribution in [0.15, 0.2) is 52.0 Å². The zero-order valence-corrected chi connectivity index (χ0v) is 12.6. The second-order valence-electron chi connectivity index (χ2n) is 4.65. The highest BCUT2D eigenvalue weighted by molar-refractivity contribution is 7.89. The average Bonchev–Trinajstić information content (AvgIpc) is 3.04. The smallest absolute Gasteiger partial charge is 0.240 e. The van der Waals surface area contributed by atoms with E-state index in [0.717, 1.165) is 0 Å². The first-order valence-electron chi connectivity index (χ1n) is 6.66. The normalized spacial score (nSPS) is 13.0. The number of anilines is 1. The summed E-state index contributed by atoms with van der Waals surface area (Å²) >= 11 is 0. The second-order valence-corrected chi connectivity index (χ2v) is 6.41. The highest BCUT2D eigenvalue weighted by atomic mass is 32.2. The number of aliphatic hydroxyl groups is 2. The number of rotatable bonds is 8. The van der Waals surface area contributed by atoms with Gasteiger partial charge in [0, 0.05) is 12.2 Å². The second kappa shape index (κ2) is 7.41. The molecular formula is C14H18N2O5S. The summed E-state index contributed by atoms with van der Waals surface area (Å²) in [5.74, 6) is 0.528. The highest BCUT2D eigenvalue weighted by Crippen LogP contribution is 2.14. The van der Waals surface area contributed by atoms with Gasteiger partial charge in [-0.15, -0.1) is 0 Å². The molecule has 120 valence electrons. The van der Waals surface area contributed by atoms with Crippen LogP contribution >= 0.6 is 0 Å². The van der Waals surface area contributed by atoms with Gasteiger partial charge in [0.05, 0.1) is 30.4 Å². The monoisotopic (exact) mass is 326 g/mol. The van der Waals surface area contributed by atoms with Crippen LogP contribution in [0, 0.1) is 0 Å². The van der Waals surface area contributed by atoms with E-state index in [0.29, 0.717) is 11.4 Å². The third kappa shape index (κ3) is 4.57. The van der Waals surface area contributed by atoms with Crippen molar-refractivity contribution in [3.63, 3.8) is 0 Å². The molecule has 0 saturated heterocycles. The maximum absolute atomic E-state index is 12.1. The van der Waals surface area contributed by atoms with Crippen molar-refractivity contribution in [1.82, 2.24) is 4.72 Å². The van der Waals surface area contributed by atoms with Gasteiger partial charge in [0.2, 0.25) is 10.0 Å². The molecule has 1 aromatic carbocycles. The molecule has 1 heterocycles. The van der Waals surface area contributed by atoms with Crippen molar-refractivity contribution in [3.05, 3.63) is 48.4 Å². The standard InChI is InChI=1S/C14H18N2O5S/c17-10-12(18)8-15-11-3-5-14(6-4-11)22(19,20)16-9-13-2-1-7-21-13/h1-7,12,15-18H,8-10H2. The predicted octanol–water partition coefficient (Wildman–Crippen LogP) is 0.523. The van der Waals surface area contributed by atoms with Gasteiger partial charge in [-0.05, 0) is 36.4 Å². The van der Waals surface area contributed by atoms with Crippen LogP contribution in [-0.2, 0) is 16.6 Å². The van der Waals surface area contributed by atoms with Crippen molar-refractivity contribution in [2.24, 2.45) is 0 Å². The fourth-order valence-electron chi connectivity index (χ4n) is 1.71. The molecule has 0 aliphatic carbocycles. The fourth-order valence-corrected chi connectivity index (χ4v) is 2.71. The van der Waals surface area contributed by atoms with Crippen LogP contribution in [0.5, 0.6) is 0 Å². The molecule has 1 unspecified atom stereocenters. The molecule has 0 spiro atoms. The van der Waals surface area contributed by atoms with Crippen molar-refractivity contribution in [1.29, 1.82) is 0 Å². The summed E-state index contributed by atoms with van der Waals surface area (Å²) in [6, 6.07) is 9.46. The van der Waals surface area contributed by atoms with Gasteiger partial charge in [0.25, 0.3) is 0 Å². The zero-order chi connectivity index (χ0) is 16.0. The van der Waals surface area contributed by atoms with Crippen molar-refractivity contribution in [2.75, 3.05) is 18.5 Å². The Hall–Kier alpha value is -1.87. The number of furan rings is 1. The molecule has 0 amide bonds. The first-order chi connectivity index (χ1) is 10.5. The molecule has 8 heteroatoms. The Morgan fingerprint density at radius 1 is 1.18 bits per heavy atom. The third-order valence-electron chi connectivity index (χ3n) is 2.93. The Morgan fingerprint density at radius 2 is 1.91 bits per heavy atom. The largest absolute Gasteiger partial charge is 0.468 e. The minimum absolute atomic E-state index is 0.0814. The van der Waals surface area contributed by atoms with Gasteiger partial charge in [-0.2, -0.15) is 0 Å². The Labute approximate surface area is 128 Å². The lowest BCUT2D eigenvalue weighted by atomic mass is 10.3. The van der Waals surface area contributed by atoms with Crippen molar-refractivity contribution in [2.45, 2.75) is 17.5 Å². The summed E-state index contributed by atoms with van der Waals surface area (Å²) in [6.45, 7) is -0.0759. The Kier molecular flexibility index (Phi) is 5.56.